The lowest BCUT2D eigenvalue weighted by molar-refractivity contribution is -0.139. The predicted molar refractivity (Wildman–Crippen MR) is 136 cm³/mol. The van der Waals surface area contributed by atoms with Crippen molar-refractivity contribution in [3.63, 3.8) is 0 Å². The Hall–Kier alpha value is -4.20. The molecule has 8 nitrogen and oxygen atoms in total. The van der Waals surface area contributed by atoms with Crippen molar-refractivity contribution in [1.82, 2.24) is 0 Å². The summed E-state index contributed by atoms with van der Waals surface area (Å²) >= 11 is 0. The Morgan fingerprint density at radius 1 is 0.971 bits per heavy atom. The van der Waals surface area contributed by atoms with E-state index in [4.69, 9.17) is 14.6 Å². The lowest BCUT2D eigenvalue weighted by Crippen LogP contribution is -2.41. The highest BCUT2D eigenvalue weighted by Gasteiger charge is 2.24. The van der Waals surface area contributed by atoms with Crippen LogP contribution in [0, 0.1) is 0 Å². The number of anilines is 3. The van der Waals surface area contributed by atoms with Crippen LogP contribution < -0.4 is 24.2 Å². The first-order valence-corrected chi connectivity index (χ1v) is 11.4. The second-order valence-electron chi connectivity index (χ2n) is 8.36. The summed E-state index contributed by atoms with van der Waals surface area (Å²) in [4.78, 5) is 30.4. The molecule has 0 aliphatic carbocycles. The Balaban J connectivity index is 1.57. The molecule has 3 aromatic rings. The van der Waals surface area contributed by atoms with E-state index in [2.05, 4.69) is 4.90 Å². The molecule has 1 amide bonds. The van der Waals surface area contributed by atoms with Gasteiger partial charge in [-0.3, -0.25) is 4.79 Å². The van der Waals surface area contributed by atoms with Crippen LogP contribution in [0.4, 0.5) is 17.1 Å². The van der Waals surface area contributed by atoms with Crippen LogP contribution in [0.5, 0.6) is 11.5 Å². The third kappa shape index (κ3) is 5.66. The Bertz CT molecular complexity index is 1170. The summed E-state index contributed by atoms with van der Waals surface area (Å²) in [7, 11) is 3.96. The Kier molecular flexibility index (Phi) is 7.40. The maximum Gasteiger partial charge on any atom is 0.341 e. The van der Waals surface area contributed by atoms with Gasteiger partial charge < -0.3 is 29.3 Å². The molecule has 4 rings (SSSR count). The van der Waals surface area contributed by atoms with Gasteiger partial charge in [-0.15, -0.1) is 0 Å². The molecular formula is C27H29N3O5. The normalized spacial score (nSPS) is 12.3. The molecule has 3 aromatic carbocycles. The minimum Gasteiger partial charge on any atom is -0.486 e. The zero-order valence-electron chi connectivity index (χ0n) is 19.9. The largest absolute Gasteiger partial charge is 0.486 e. The number of hydrogen-bond donors (Lipinski definition) is 1. The summed E-state index contributed by atoms with van der Waals surface area (Å²) in [5.41, 5.74) is 3.30. The molecule has 0 aromatic heterocycles. The first-order chi connectivity index (χ1) is 16.9. The van der Waals surface area contributed by atoms with Crippen LogP contribution in [0.25, 0.3) is 0 Å². The minimum absolute atomic E-state index is 0.0739. The number of carboxylic acid groups (broad SMARTS) is 1. The number of carbonyl (C=O) groups excluding carboxylic acids is 1. The van der Waals surface area contributed by atoms with Crippen molar-refractivity contribution in [2.45, 2.75) is 0 Å². The van der Waals surface area contributed by atoms with Crippen LogP contribution in [0.15, 0.2) is 72.8 Å². The SMILES string of the molecule is CN(C)c1ccc(N(CCN2CCOc3c(OCC(=O)O)cccc32)C(=O)c2ccccc2)cc1. The number of fused-ring (bicyclic) bond motifs is 1. The quantitative estimate of drug-likeness (QED) is 0.505. The van der Waals surface area contributed by atoms with Gasteiger partial charge in [-0.05, 0) is 48.5 Å². The second kappa shape index (κ2) is 10.8. The highest BCUT2D eigenvalue weighted by atomic mass is 16.5. The fraction of sp³-hybridized carbons (Fsp3) is 0.259. The van der Waals surface area contributed by atoms with Crippen molar-refractivity contribution in [2.75, 3.05) is 61.6 Å². The molecule has 0 bridgehead atoms. The molecule has 0 spiro atoms. The minimum atomic E-state index is -1.05. The standard InChI is InChI=1S/C27H29N3O5/c1-28(2)21-11-13-22(14-12-21)30(27(33)20-7-4-3-5-8-20)16-15-29-17-18-34-26-23(29)9-6-10-24(26)35-19-25(31)32/h3-14H,15-19H2,1-2H3,(H,31,32). The topological polar surface area (TPSA) is 82.6 Å². The van der Waals surface area contributed by atoms with Crippen molar-refractivity contribution in [3.05, 3.63) is 78.4 Å². The van der Waals surface area contributed by atoms with E-state index in [1.165, 1.54) is 0 Å². The molecule has 182 valence electrons. The maximum absolute atomic E-state index is 13.5. The van der Waals surface area contributed by atoms with Crippen LogP contribution in [-0.4, -0.2) is 63.9 Å². The number of ether oxygens (including phenoxy) is 2. The number of benzene rings is 3. The van der Waals surface area contributed by atoms with Crippen LogP contribution in [0.3, 0.4) is 0 Å². The molecule has 0 atom stereocenters. The molecular weight excluding hydrogens is 446 g/mol. The molecule has 0 fully saturated rings. The molecule has 0 radical (unpaired) electrons. The lowest BCUT2D eigenvalue weighted by Gasteiger charge is -2.34. The average Bonchev–Trinajstić information content (AvgIpc) is 2.88. The van der Waals surface area contributed by atoms with Gasteiger partial charge in [0.05, 0.1) is 12.2 Å². The molecule has 0 unspecified atom stereocenters. The number of carboxylic acids is 1. The summed E-state index contributed by atoms with van der Waals surface area (Å²) in [6.07, 6.45) is 0. The zero-order valence-corrected chi connectivity index (χ0v) is 19.9. The van der Waals surface area contributed by atoms with Gasteiger partial charge in [0.15, 0.2) is 18.1 Å². The van der Waals surface area contributed by atoms with Crippen LogP contribution in [-0.2, 0) is 4.79 Å². The van der Waals surface area contributed by atoms with E-state index in [1.807, 2.05) is 85.7 Å². The maximum atomic E-state index is 13.5. The summed E-state index contributed by atoms with van der Waals surface area (Å²) in [6, 6.07) is 22.6. The first kappa shape index (κ1) is 23.9. The van der Waals surface area contributed by atoms with Crippen molar-refractivity contribution < 1.29 is 24.2 Å². The van der Waals surface area contributed by atoms with Gasteiger partial charge >= 0.3 is 5.97 Å². The third-order valence-electron chi connectivity index (χ3n) is 5.79. The van der Waals surface area contributed by atoms with Gasteiger partial charge in [0.25, 0.3) is 5.91 Å². The summed E-state index contributed by atoms with van der Waals surface area (Å²) in [5, 5.41) is 8.96. The average molecular weight is 476 g/mol. The van der Waals surface area contributed by atoms with Gasteiger partial charge in [0.2, 0.25) is 0 Å². The molecule has 8 heteroatoms. The fourth-order valence-corrected chi connectivity index (χ4v) is 4.00. The molecule has 1 heterocycles. The molecule has 1 aliphatic rings. The summed E-state index contributed by atoms with van der Waals surface area (Å²) in [5.74, 6) is -0.205. The van der Waals surface area contributed by atoms with E-state index in [1.54, 1.807) is 11.0 Å². The van der Waals surface area contributed by atoms with E-state index in [-0.39, 0.29) is 5.91 Å². The van der Waals surface area contributed by atoms with Crippen molar-refractivity contribution in [1.29, 1.82) is 0 Å². The Labute approximate surface area is 204 Å². The van der Waals surface area contributed by atoms with Crippen molar-refractivity contribution in [3.8, 4) is 11.5 Å². The van der Waals surface area contributed by atoms with Gasteiger partial charge in [0, 0.05) is 44.1 Å². The van der Waals surface area contributed by atoms with Gasteiger partial charge in [0.1, 0.15) is 6.61 Å². The number of rotatable bonds is 9. The summed E-state index contributed by atoms with van der Waals surface area (Å²) in [6.45, 7) is 1.65. The predicted octanol–water partition coefficient (Wildman–Crippen LogP) is 3.76. The monoisotopic (exact) mass is 475 g/mol. The van der Waals surface area contributed by atoms with Gasteiger partial charge in [-0.1, -0.05) is 24.3 Å². The van der Waals surface area contributed by atoms with Crippen LogP contribution in [0.1, 0.15) is 10.4 Å². The Morgan fingerprint density at radius 2 is 1.69 bits per heavy atom. The highest BCUT2D eigenvalue weighted by molar-refractivity contribution is 6.06. The smallest absolute Gasteiger partial charge is 0.341 e. The molecule has 0 saturated carbocycles. The number of hydrogen-bond acceptors (Lipinski definition) is 6. The number of para-hydroxylation sites is 1. The van der Waals surface area contributed by atoms with Crippen LogP contribution >= 0.6 is 0 Å². The van der Waals surface area contributed by atoms with Crippen molar-refractivity contribution >= 4 is 28.9 Å². The molecule has 0 saturated heterocycles. The van der Waals surface area contributed by atoms with E-state index in [0.29, 0.717) is 43.3 Å². The third-order valence-corrected chi connectivity index (χ3v) is 5.79. The van der Waals surface area contributed by atoms with E-state index >= 15 is 0 Å². The second-order valence-corrected chi connectivity index (χ2v) is 8.36. The Morgan fingerprint density at radius 3 is 2.37 bits per heavy atom. The van der Waals surface area contributed by atoms with E-state index < -0.39 is 12.6 Å². The molecule has 1 aliphatic heterocycles. The van der Waals surface area contributed by atoms with E-state index in [0.717, 1.165) is 17.1 Å². The number of amides is 1. The number of carbonyl (C=O) groups is 2. The molecule has 35 heavy (non-hydrogen) atoms. The van der Waals surface area contributed by atoms with E-state index in [9.17, 15) is 9.59 Å². The first-order valence-electron chi connectivity index (χ1n) is 11.4. The van der Waals surface area contributed by atoms with Gasteiger partial charge in [-0.25, -0.2) is 4.79 Å². The number of aliphatic carboxylic acids is 1. The van der Waals surface area contributed by atoms with Crippen molar-refractivity contribution in [2.24, 2.45) is 0 Å². The summed E-state index contributed by atoms with van der Waals surface area (Å²) < 4.78 is 11.2. The fourth-order valence-electron chi connectivity index (χ4n) is 4.00. The van der Waals surface area contributed by atoms with Gasteiger partial charge in [-0.2, -0.15) is 0 Å². The molecule has 1 N–H and O–H groups in total. The zero-order chi connectivity index (χ0) is 24.8. The number of nitrogens with zero attached hydrogens (tertiary/aromatic N) is 3. The highest BCUT2D eigenvalue weighted by Crippen LogP contribution is 2.40. The van der Waals surface area contributed by atoms with Crippen LogP contribution in [0.2, 0.25) is 0 Å². The lowest BCUT2D eigenvalue weighted by atomic mass is 10.1.